The first-order chi connectivity index (χ1) is 28.8. The monoisotopic (exact) mass is 925 g/mol. The van der Waals surface area contributed by atoms with Crippen LogP contribution in [0.3, 0.4) is 0 Å². The van der Waals surface area contributed by atoms with Crippen LogP contribution in [0.4, 0.5) is 14.6 Å². The second kappa shape index (κ2) is 18.0. The number of aromatic nitrogens is 1. The number of piperazine rings is 1. The molecular weight excluding hydrogens is 884 g/mol. The fraction of sp³-hybridized carbons (Fsp3) is 0.372. The van der Waals surface area contributed by atoms with Gasteiger partial charge in [-0.15, -0.1) is 8.78 Å². The number of rotatable bonds is 11. The van der Waals surface area contributed by atoms with Crippen LogP contribution in [0.2, 0.25) is 5.02 Å². The second-order valence-corrected chi connectivity index (χ2v) is 16.9. The van der Waals surface area contributed by atoms with E-state index in [0.717, 1.165) is 11.1 Å². The number of nitrogens with one attached hydrogen (secondary N) is 2. The quantitative estimate of drug-likeness (QED) is 0.146. The molecular formula is C43H43BrClF2N5O7S. The molecule has 1 aliphatic carbocycles. The average Bonchev–Trinajstić information content (AvgIpc) is 3.84. The van der Waals surface area contributed by atoms with Crippen molar-refractivity contribution in [3.63, 3.8) is 0 Å². The zero-order valence-electron chi connectivity index (χ0n) is 33.1. The summed E-state index contributed by atoms with van der Waals surface area (Å²) in [5.74, 6) is 0.812. The van der Waals surface area contributed by atoms with Gasteiger partial charge in [-0.25, -0.2) is 4.98 Å². The highest BCUT2D eigenvalue weighted by Gasteiger charge is 2.53. The van der Waals surface area contributed by atoms with Gasteiger partial charge >= 0.3 is 6.29 Å². The van der Waals surface area contributed by atoms with Crippen molar-refractivity contribution in [3.8, 4) is 28.5 Å². The third kappa shape index (κ3) is 9.35. The second-order valence-electron chi connectivity index (χ2n) is 14.5. The minimum Gasteiger partial charge on any atom is -0.479 e. The van der Waals surface area contributed by atoms with Gasteiger partial charge < -0.3 is 34.6 Å². The van der Waals surface area contributed by atoms with E-state index in [4.69, 9.17) is 21.3 Å². The summed E-state index contributed by atoms with van der Waals surface area (Å²) in [6.07, 6.45) is -2.86. The number of alkyl halides is 2. The lowest BCUT2D eigenvalue weighted by Gasteiger charge is -2.35. The molecule has 316 valence electrons. The lowest BCUT2D eigenvalue weighted by molar-refractivity contribution is -0.286. The Balaban J connectivity index is 0.00000268. The van der Waals surface area contributed by atoms with Gasteiger partial charge in [0.15, 0.2) is 17.6 Å². The lowest BCUT2D eigenvalue weighted by atomic mass is 9.94. The SMILES string of the molecule is CC.Cc1ccc(NC(=O)C2(c3ccc4c(c3)OC(F)(F)O4)CC2)nc1-c1cccc(C(=O)NCCSCC(=O)N2CCN(C(=O)C3Cc4cc(Cl)cc(Br)c4O3)CC2)c1. The average molecular weight is 927 g/mol. The molecule has 0 bridgehead atoms. The smallest absolute Gasteiger partial charge is 0.479 e. The van der Waals surface area contributed by atoms with Crippen molar-refractivity contribution in [3.05, 3.63) is 98.5 Å². The Morgan fingerprint density at radius 2 is 1.68 bits per heavy atom. The van der Waals surface area contributed by atoms with Crippen LogP contribution in [0.5, 0.6) is 17.2 Å². The number of nitrogens with zero attached hydrogens (tertiary/aromatic N) is 3. The number of thioether (sulfide) groups is 1. The number of halogens is 4. The molecule has 0 spiro atoms. The predicted molar refractivity (Wildman–Crippen MR) is 228 cm³/mol. The molecule has 0 radical (unpaired) electrons. The molecule has 17 heteroatoms. The first-order valence-electron chi connectivity index (χ1n) is 19.7. The molecule has 8 rings (SSSR count). The number of hydrogen-bond donors (Lipinski definition) is 2. The molecule has 1 saturated carbocycles. The van der Waals surface area contributed by atoms with Gasteiger partial charge in [0.25, 0.3) is 11.8 Å². The number of amides is 4. The minimum atomic E-state index is -3.75. The van der Waals surface area contributed by atoms with Crippen LogP contribution in [0.1, 0.15) is 53.7 Å². The molecule has 1 unspecified atom stereocenters. The summed E-state index contributed by atoms with van der Waals surface area (Å²) in [6, 6.07) is 18.5. The maximum atomic E-state index is 13.6. The summed E-state index contributed by atoms with van der Waals surface area (Å²) in [7, 11) is 0. The number of ether oxygens (including phenoxy) is 3. The summed E-state index contributed by atoms with van der Waals surface area (Å²) < 4.78 is 42.9. The van der Waals surface area contributed by atoms with Gasteiger partial charge in [-0.2, -0.15) is 11.8 Å². The number of carbonyl (C=O) groups excluding carboxylic acids is 4. The number of carbonyl (C=O) groups is 4. The van der Waals surface area contributed by atoms with Crippen molar-refractivity contribution in [1.29, 1.82) is 0 Å². The van der Waals surface area contributed by atoms with Crippen LogP contribution in [-0.4, -0.2) is 95.0 Å². The molecule has 4 aliphatic rings. The van der Waals surface area contributed by atoms with Crippen LogP contribution in [0, 0.1) is 6.92 Å². The molecule has 3 aliphatic heterocycles. The van der Waals surface area contributed by atoms with Crippen LogP contribution in [0.15, 0.2) is 71.2 Å². The van der Waals surface area contributed by atoms with Crippen molar-refractivity contribution >= 4 is 68.7 Å². The van der Waals surface area contributed by atoms with Crippen molar-refractivity contribution in [2.24, 2.45) is 0 Å². The number of pyridine rings is 1. The fourth-order valence-electron chi connectivity index (χ4n) is 7.34. The lowest BCUT2D eigenvalue weighted by Crippen LogP contribution is -2.53. The largest absolute Gasteiger partial charge is 0.586 e. The van der Waals surface area contributed by atoms with E-state index in [-0.39, 0.29) is 40.9 Å². The first-order valence-corrected chi connectivity index (χ1v) is 22.0. The highest BCUT2D eigenvalue weighted by molar-refractivity contribution is 9.10. The molecule has 2 fully saturated rings. The van der Waals surface area contributed by atoms with Crippen LogP contribution in [-0.2, 0) is 26.2 Å². The van der Waals surface area contributed by atoms with Crippen LogP contribution < -0.4 is 24.8 Å². The highest BCUT2D eigenvalue weighted by Crippen LogP contribution is 2.52. The molecule has 4 aromatic rings. The van der Waals surface area contributed by atoms with Gasteiger partial charge in [0.2, 0.25) is 11.8 Å². The van der Waals surface area contributed by atoms with E-state index < -0.39 is 17.8 Å². The van der Waals surface area contributed by atoms with E-state index in [0.29, 0.717) is 101 Å². The summed E-state index contributed by atoms with van der Waals surface area (Å²) >= 11 is 11.0. The summed E-state index contributed by atoms with van der Waals surface area (Å²) in [5.41, 5.74) is 3.05. The molecule has 1 atom stereocenters. The molecule has 60 heavy (non-hydrogen) atoms. The summed E-state index contributed by atoms with van der Waals surface area (Å²) in [6.45, 7) is 7.94. The normalized spacial score (nSPS) is 17.8. The topological polar surface area (TPSA) is 139 Å². The number of hydrogen-bond acceptors (Lipinski definition) is 9. The van der Waals surface area contributed by atoms with Gasteiger partial charge in [0.1, 0.15) is 11.6 Å². The molecule has 1 saturated heterocycles. The molecule has 4 amide bonds. The van der Waals surface area contributed by atoms with Gasteiger partial charge in [-0.3, -0.25) is 19.2 Å². The van der Waals surface area contributed by atoms with E-state index in [9.17, 15) is 28.0 Å². The van der Waals surface area contributed by atoms with Crippen molar-refractivity contribution in [1.82, 2.24) is 20.1 Å². The highest BCUT2D eigenvalue weighted by atomic mass is 79.9. The Labute approximate surface area is 363 Å². The number of aryl methyl sites for hydroxylation is 1. The molecule has 4 heterocycles. The van der Waals surface area contributed by atoms with Crippen molar-refractivity contribution in [2.75, 3.05) is 49.5 Å². The Morgan fingerprint density at radius 1 is 0.950 bits per heavy atom. The Morgan fingerprint density at radius 3 is 2.43 bits per heavy atom. The molecule has 3 aromatic carbocycles. The van der Waals surface area contributed by atoms with Gasteiger partial charge in [-0.1, -0.05) is 49.7 Å². The minimum absolute atomic E-state index is 0.0203. The Hall–Kier alpha value is -4.93. The molecule has 2 N–H and O–H groups in total. The Bertz CT molecular complexity index is 2330. The number of anilines is 1. The van der Waals surface area contributed by atoms with E-state index in [1.807, 2.05) is 39.0 Å². The number of benzene rings is 3. The first kappa shape index (κ1) is 43.2. The van der Waals surface area contributed by atoms with Crippen molar-refractivity contribution < 1.29 is 42.2 Å². The predicted octanol–water partition coefficient (Wildman–Crippen LogP) is 7.63. The fourth-order valence-corrected chi connectivity index (χ4v) is 9.06. The third-order valence-corrected chi connectivity index (χ3v) is 12.4. The molecule has 12 nitrogen and oxygen atoms in total. The maximum Gasteiger partial charge on any atom is 0.586 e. The van der Waals surface area contributed by atoms with Gasteiger partial charge in [0.05, 0.1) is 21.3 Å². The van der Waals surface area contributed by atoms with E-state index in [1.165, 1.54) is 23.9 Å². The van der Waals surface area contributed by atoms with Gasteiger partial charge in [0, 0.05) is 66.6 Å². The maximum absolute atomic E-state index is 13.6. The third-order valence-electron chi connectivity index (χ3n) is 10.6. The van der Waals surface area contributed by atoms with E-state index in [2.05, 4.69) is 36.0 Å². The molecule has 1 aromatic heterocycles. The zero-order valence-corrected chi connectivity index (χ0v) is 36.3. The standard InChI is InChI=1S/C41H37BrClF2N5O7S.C2H6/c1-23-5-8-33(48-39(54)40(9-10-40)27-6-7-30-31(20-27)57-41(44,45)56-30)47-35(23)24-3-2-4-25(17-24)37(52)46-11-16-58-22-34(51)49-12-14-50(15-13-49)38(53)32-19-26-18-28(43)21-29(42)36(26)55-32;1-2/h2-8,17-18,20-21,32H,9-16,19,22H2,1H3,(H,46,52)(H,47,48,54);1-2H3. The van der Waals surface area contributed by atoms with E-state index >= 15 is 0 Å². The number of fused-ring (bicyclic) bond motifs is 2. The van der Waals surface area contributed by atoms with Crippen LogP contribution in [0.25, 0.3) is 11.3 Å². The van der Waals surface area contributed by atoms with E-state index in [1.54, 1.807) is 46.2 Å². The van der Waals surface area contributed by atoms with Crippen LogP contribution >= 0.6 is 39.3 Å². The zero-order chi connectivity index (χ0) is 42.8. The Kier molecular flexibility index (Phi) is 12.9. The summed E-state index contributed by atoms with van der Waals surface area (Å²) in [5, 5.41) is 6.38. The van der Waals surface area contributed by atoms with Gasteiger partial charge in [-0.05, 0) is 89.3 Å². The van der Waals surface area contributed by atoms with Crippen molar-refractivity contribution in [2.45, 2.75) is 57.8 Å². The summed E-state index contributed by atoms with van der Waals surface area (Å²) in [4.78, 5) is 61.0.